The number of hydrogen-bond acceptors (Lipinski definition) is 6. The number of thiophene rings is 1. The second-order valence-corrected chi connectivity index (χ2v) is 8.14. The molecule has 0 spiro atoms. The lowest BCUT2D eigenvalue weighted by atomic mass is 10.2. The van der Waals surface area contributed by atoms with Gasteiger partial charge in [-0.15, -0.1) is 11.3 Å². The number of halogens is 1. The van der Waals surface area contributed by atoms with Crippen molar-refractivity contribution in [2.75, 3.05) is 32.9 Å². The summed E-state index contributed by atoms with van der Waals surface area (Å²) < 4.78 is 20.6. The molecule has 1 fully saturated rings. The standard InChI is InChI=1S/C20H21FN4O2S/c1-24(2)13-6-8-25(11-13)20(26)18-10-15-19(28-18)17(5-7-23-15)27-16-4-3-12(22)9-14(16)21/h3-5,7,9-10,13H,6,8,11,22H2,1-2H3/t13-/m1/s1. The fraction of sp³-hybridized carbons (Fsp3) is 0.300. The summed E-state index contributed by atoms with van der Waals surface area (Å²) in [5, 5.41) is 0. The summed E-state index contributed by atoms with van der Waals surface area (Å²) in [6.45, 7) is 1.46. The third-order valence-electron chi connectivity index (χ3n) is 4.94. The maximum Gasteiger partial charge on any atom is 0.264 e. The van der Waals surface area contributed by atoms with Gasteiger partial charge in [0, 0.05) is 43.1 Å². The molecule has 1 atom stereocenters. The number of hydrogen-bond donors (Lipinski definition) is 1. The average Bonchev–Trinajstić information content (AvgIpc) is 3.31. The van der Waals surface area contributed by atoms with Crippen LogP contribution in [-0.2, 0) is 0 Å². The zero-order valence-electron chi connectivity index (χ0n) is 15.7. The Balaban J connectivity index is 1.61. The second kappa shape index (κ2) is 7.37. The molecule has 1 saturated heterocycles. The molecule has 1 aromatic carbocycles. The van der Waals surface area contributed by atoms with Crippen molar-refractivity contribution in [1.82, 2.24) is 14.8 Å². The van der Waals surface area contributed by atoms with Gasteiger partial charge in [0.25, 0.3) is 5.91 Å². The summed E-state index contributed by atoms with van der Waals surface area (Å²) in [6.07, 6.45) is 2.55. The Morgan fingerprint density at radius 1 is 1.32 bits per heavy atom. The highest BCUT2D eigenvalue weighted by Crippen LogP contribution is 2.36. The van der Waals surface area contributed by atoms with Gasteiger partial charge in [-0.1, -0.05) is 0 Å². The van der Waals surface area contributed by atoms with Gasteiger partial charge >= 0.3 is 0 Å². The number of nitrogens with zero attached hydrogens (tertiary/aromatic N) is 3. The van der Waals surface area contributed by atoms with Crippen molar-refractivity contribution in [2.45, 2.75) is 12.5 Å². The van der Waals surface area contributed by atoms with E-state index in [1.165, 1.54) is 23.5 Å². The molecule has 0 radical (unpaired) electrons. The Kier molecular flexibility index (Phi) is 4.91. The predicted molar refractivity (Wildman–Crippen MR) is 109 cm³/mol. The van der Waals surface area contributed by atoms with E-state index in [2.05, 4.69) is 9.88 Å². The van der Waals surface area contributed by atoms with Crippen LogP contribution in [0.4, 0.5) is 10.1 Å². The zero-order valence-corrected chi connectivity index (χ0v) is 16.5. The number of nitrogen functional groups attached to an aromatic ring is 1. The Bertz CT molecular complexity index is 1040. The summed E-state index contributed by atoms with van der Waals surface area (Å²) in [7, 11) is 4.06. The lowest BCUT2D eigenvalue weighted by molar-refractivity contribution is 0.0788. The Morgan fingerprint density at radius 3 is 2.86 bits per heavy atom. The molecule has 0 saturated carbocycles. The van der Waals surface area contributed by atoms with Crippen LogP contribution in [0.1, 0.15) is 16.1 Å². The van der Waals surface area contributed by atoms with Gasteiger partial charge in [-0.05, 0) is 38.7 Å². The number of carbonyl (C=O) groups excluding carboxylic acids is 1. The first-order chi connectivity index (χ1) is 13.4. The largest absolute Gasteiger partial charge is 0.453 e. The maximum absolute atomic E-state index is 14.1. The molecule has 3 heterocycles. The van der Waals surface area contributed by atoms with Crippen LogP contribution in [0.3, 0.4) is 0 Å². The second-order valence-electron chi connectivity index (χ2n) is 7.08. The third-order valence-corrected chi connectivity index (χ3v) is 6.07. The summed E-state index contributed by atoms with van der Waals surface area (Å²) in [4.78, 5) is 21.9. The van der Waals surface area contributed by atoms with Crippen molar-refractivity contribution in [3.8, 4) is 11.5 Å². The molecule has 6 nitrogen and oxygen atoms in total. The van der Waals surface area contributed by atoms with Crippen molar-refractivity contribution in [3.63, 3.8) is 0 Å². The molecule has 28 heavy (non-hydrogen) atoms. The van der Waals surface area contributed by atoms with Crippen LogP contribution in [0.15, 0.2) is 36.5 Å². The van der Waals surface area contributed by atoms with Crippen LogP contribution >= 0.6 is 11.3 Å². The molecular formula is C20H21FN4O2S. The fourth-order valence-corrected chi connectivity index (χ4v) is 4.36. The van der Waals surface area contributed by atoms with E-state index in [1.54, 1.807) is 24.4 Å². The average molecular weight is 400 g/mol. The van der Waals surface area contributed by atoms with Crippen LogP contribution in [0.2, 0.25) is 0 Å². The molecular weight excluding hydrogens is 379 g/mol. The van der Waals surface area contributed by atoms with E-state index in [0.717, 1.165) is 13.0 Å². The summed E-state index contributed by atoms with van der Waals surface area (Å²) >= 11 is 1.32. The van der Waals surface area contributed by atoms with Crippen LogP contribution in [0.5, 0.6) is 11.5 Å². The Labute approximate surface area is 166 Å². The van der Waals surface area contributed by atoms with E-state index in [4.69, 9.17) is 10.5 Å². The van der Waals surface area contributed by atoms with Crippen LogP contribution in [0.25, 0.3) is 10.2 Å². The van der Waals surface area contributed by atoms with Crippen molar-refractivity contribution in [1.29, 1.82) is 0 Å². The minimum absolute atomic E-state index is 0.00281. The monoisotopic (exact) mass is 400 g/mol. The van der Waals surface area contributed by atoms with E-state index in [0.29, 0.717) is 39.1 Å². The van der Waals surface area contributed by atoms with Gasteiger partial charge in [0.05, 0.1) is 15.1 Å². The van der Waals surface area contributed by atoms with E-state index in [-0.39, 0.29) is 11.7 Å². The number of benzene rings is 1. The summed E-state index contributed by atoms with van der Waals surface area (Å²) in [5.41, 5.74) is 6.57. The normalized spacial score (nSPS) is 16.9. The van der Waals surface area contributed by atoms with E-state index in [1.807, 2.05) is 19.0 Å². The Hall–Kier alpha value is -2.71. The van der Waals surface area contributed by atoms with Crippen molar-refractivity contribution >= 4 is 33.1 Å². The van der Waals surface area contributed by atoms with Gasteiger partial charge in [0.1, 0.15) is 5.75 Å². The number of rotatable bonds is 4. The van der Waals surface area contributed by atoms with Crippen molar-refractivity contribution < 1.29 is 13.9 Å². The number of ether oxygens (including phenoxy) is 1. The highest BCUT2D eigenvalue weighted by atomic mass is 32.1. The number of likely N-dealkylation sites (N-methyl/N-ethyl adjacent to an activating group) is 1. The van der Waals surface area contributed by atoms with E-state index >= 15 is 0 Å². The summed E-state index contributed by atoms with van der Waals surface area (Å²) in [5.74, 6) is 0.00299. The topological polar surface area (TPSA) is 71.7 Å². The molecule has 3 aromatic rings. The van der Waals surface area contributed by atoms with Gasteiger partial charge in [-0.3, -0.25) is 9.78 Å². The quantitative estimate of drug-likeness (QED) is 0.678. The lowest BCUT2D eigenvalue weighted by Gasteiger charge is -2.19. The number of nitrogens with two attached hydrogens (primary N) is 1. The lowest BCUT2D eigenvalue weighted by Crippen LogP contribution is -2.34. The number of pyridine rings is 1. The number of amides is 1. The molecule has 0 unspecified atom stereocenters. The highest BCUT2D eigenvalue weighted by Gasteiger charge is 2.29. The number of likely N-dealkylation sites (tertiary alicyclic amines) is 1. The van der Waals surface area contributed by atoms with Gasteiger partial charge in [0.15, 0.2) is 11.6 Å². The predicted octanol–water partition coefficient (Wildman–Crippen LogP) is 3.59. The Morgan fingerprint density at radius 2 is 2.14 bits per heavy atom. The minimum atomic E-state index is -0.537. The molecule has 1 aliphatic heterocycles. The number of fused-ring (bicyclic) bond motifs is 1. The summed E-state index contributed by atoms with van der Waals surface area (Å²) in [6, 6.07) is 8.10. The first-order valence-corrected chi connectivity index (χ1v) is 9.81. The van der Waals surface area contributed by atoms with Crippen molar-refractivity contribution in [2.24, 2.45) is 0 Å². The van der Waals surface area contributed by atoms with E-state index < -0.39 is 5.82 Å². The molecule has 2 aromatic heterocycles. The van der Waals surface area contributed by atoms with Crippen molar-refractivity contribution in [3.05, 3.63) is 47.2 Å². The smallest absolute Gasteiger partial charge is 0.264 e. The number of anilines is 1. The van der Waals surface area contributed by atoms with E-state index in [9.17, 15) is 9.18 Å². The maximum atomic E-state index is 14.1. The SMILES string of the molecule is CN(C)[C@@H]1CCN(C(=O)c2cc3nccc(Oc4ccc(N)cc4F)c3s2)C1. The highest BCUT2D eigenvalue weighted by molar-refractivity contribution is 7.21. The van der Waals surface area contributed by atoms with Crippen LogP contribution in [0, 0.1) is 5.82 Å². The van der Waals surface area contributed by atoms with Gasteiger partial charge in [0.2, 0.25) is 0 Å². The molecule has 1 amide bonds. The molecule has 0 aliphatic carbocycles. The van der Waals surface area contributed by atoms with Gasteiger partial charge in [-0.2, -0.15) is 0 Å². The molecule has 0 bridgehead atoms. The van der Waals surface area contributed by atoms with Gasteiger partial charge in [-0.25, -0.2) is 4.39 Å². The molecule has 2 N–H and O–H groups in total. The third kappa shape index (κ3) is 3.53. The zero-order chi connectivity index (χ0) is 19.8. The molecule has 146 valence electrons. The minimum Gasteiger partial charge on any atom is -0.453 e. The number of carbonyl (C=O) groups is 1. The number of aromatic nitrogens is 1. The molecule has 4 rings (SSSR count). The fourth-order valence-electron chi connectivity index (χ4n) is 3.32. The molecule has 1 aliphatic rings. The van der Waals surface area contributed by atoms with Crippen LogP contribution < -0.4 is 10.5 Å². The first kappa shape index (κ1) is 18.6. The van der Waals surface area contributed by atoms with Crippen LogP contribution in [-0.4, -0.2) is 53.9 Å². The first-order valence-electron chi connectivity index (χ1n) is 8.99. The van der Waals surface area contributed by atoms with Gasteiger partial charge < -0.3 is 20.3 Å². The molecule has 8 heteroatoms.